The minimum atomic E-state index is -0.885. The van der Waals surface area contributed by atoms with Gasteiger partial charge in [-0.1, -0.05) is 48.5 Å². The number of amides is 3. The van der Waals surface area contributed by atoms with Crippen LogP contribution in [-0.2, 0) is 25.6 Å². The number of ether oxygens (including phenoxy) is 2. The van der Waals surface area contributed by atoms with Crippen molar-refractivity contribution in [3.05, 3.63) is 96.7 Å². The van der Waals surface area contributed by atoms with Crippen molar-refractivity contribution in [2.45, 2.75) is 69.7 Å². The Hall–Kier alpha value is -5.69. The Morgan fingerprint density at radius 3 is 2.15 bits per heavy atom. The molecule has 2 aromatic carbocycles. The van der Waals surface area contributed by atoms with E-state index in [0.29, 0.717) is 30.7 Å². The van der Waals surface area contributed by atoms with Crippen molar-refractivity contribution in [3.63, 3.8) is 0 Å². The van der Waals surface area contributed by atoms with E-state index in [1.807, 2.05) is 18.3 Å². The number of hydrogen-bond donors (Lipinski definition) is 4. The highest BCUT2D eigenvalue weighted by Gasteiger charge is 2.52. The van der Waals surface area contributed by atoms with Crippen molar-refractivity contribution >= 4 is 17.9 Å². The van der Waals surface area contributed by atoms with Crippen LogP contribution in [0.4, 0.5) is 4.79 Å². The minimum absolute atomic E-state index is 0.0831. The molecule has 2 bridgehead atoms. The van der Waals surface area contributed by atoms with Crippen molar-refractivity contribution in [3.8, 4) is 33.6 Å². The average molecular weight is 746 g/mol. The molecule has 0 spiro atoms. The standard InChI is InChI=1S/C42H47N7O6/c1-24(53-2)37(48-42(52)54-3)41(51)49-18-4-7-34(49)38-43-22-32(46-38)27-12-8-25(9-13-27)26-10-14-28(15-11-26)33-23-44-39(47-33)35-29-16-17-30(20-29)36(35)40(50)45-21-31-6-5-19-55-31/h5-6,8-15,19,22-24,29-30,34-37H,4,7,16-18,20-21H2,1-3H3,(H,43,46)(H,44,47)(H,45,50)(H,48,52)/t24-,29?,30?,34+,35?,36?,37+/m1/s1. The summed E-state index contributed by atoms with van der Waals surface area (Å²) >= 11 is 0. The van der Waals surface area contributed by atoms with Gasteiger partial charge >= 0.3 is 6.09 Å². The summed E-state index contributed by atoms with van der Waals surface area (Å²) in [6, 6.07) is 19.3. The van der Waals surface area contributed by atoms with Gasteiger partial charge in [0.1, 0.15) is 23.5 Å². The fraction of sp³-hybridized carbons (Fsp3) is 0.405. The van der Waals surface area contributed by atoms with E-state index in [2.05, 4.69) is 74.1 Å². The van der Waals surface area contributed by atoms with E-state index in [-0.39, 0.29) is 29.7 Å². The van der Waals surface area contributed by atoms with Gasteiger partial charge in [-0.2, -0.15) is 0 Å². The molecule has 1 saturated heterocycles. The Morgan fingerprint density at radius 2 is 1.51 bits per heavy atom. The highest BCUT2D eigenvalue weighted by molar-refractivity contribution is 5.87. The summed E-state index contributed by atoms with van der Waals surface area (Å²) in [7, 11) is 2.77. The zero-order chi connectivity index (χ0) is 38.1. The number of H-pyrrole nitrogens is 2. The van der Waals surface area contributed by atoms with Gasteiger partial charge in [0, 0.05) is 19.6 Å². The van der Waals surface area contributed by atoms with Gasteiger partial charge in [0.25, 0.3) is 0 Å². The first kappa shape index (κ1) is 36.3. The number of nitrogens with one attached hydrogen (secondary N) is 4. The van der Waals surface area contributed by atoms with Crippen LogP contribution >= 0.6 is 0 Å². The van der Waals surface area contributed by atoms with E-state index in [1.54, 1.807) is 24.3 Å². The van der Waals surface area contributed by atoms with Crippen LogP contribution in [0.2, 0.25) is 0 Å². The Kier molecular flexibility index (Phi) is 10.3. The third-order valence-electron chi connectivity index (χ3n) is 11.9. The van der Waals surface area contributed by atoms with Gasteiger partial charge < -0.3 is 39.4 Å². The van der Waals surface area contributed by atoms with E-state index >= 15 is 0 Å². The normalized spacial score (nSPS) is 22.7. The fourth-order valence-corrected chi connectivity index (χ4v) is 8.95. The number of aromatic amines is 2. The quantitative estimate of drug-likeness (QED) is 0.111. The molecule has 55 heavy (non-hydrogen) atoms. The minimum Gasteiger partial charge on any atom is -0.467 e. The second kappa shape index (κ2) is 15.6. The van der Waals surface area contributed by atoms with E-state index in [4.69, 9.17) is 18.9 Å². The third kappa shape index (κ3) is 7.28. The van der Waals surface area contributed by atoms with E-state index in [0.717, 1.165) is 77.3 Å². The molecule has 8 rings (SSSR count). The Labute approximate surface area is 319 Å². The fourth-order valence-electron chi connectivity index (χ4n) is 8.95. The number of hydrogen-bond acceptors (Lipinski definition) is 8. The third-order valence-corrected chi connectivity index (χ3v) is 11.9. The smallest absolute Gasteiger partial charge is 0.407 e. The van der Waals surface area contributed by atoms with E-state index < -0.39 is 18.2 Å². The Morgan fingerprint density at radius 1 is 0.873 bits per heavy atom. The highest BCUT2D eigenvalue weighted by atomic mass is 16.5. The molecule has 3 aliphatic rings. The summed E-state index contributed by atoms with van der Waals surface area (Å²) in [6.07, 6.45) is 8.96. The number of carbonyl (C=O) groups excluding carboxylic acids is 3. The predicted molar refractivity (Wildman–Crippen MR) is 204 cm³/mol. The molecule has 1 aliphatic heterocycles. The van der Waals surface area contributed by atoms with Crippen molar-refractivity contribution in [1.29, 1.82) is 0 Å². The van der Waals surface area contributed by atoms with Crippen molar-refractivity contribution < 1.29 is 28.3 Å². The molecule has 5 aromatic rings. The molecule has 4 N–H and O–H groups in total. The summed E-state index contributed by atoms with van der Waals surface area (Å²) in [6.45, 7) is 2.69. The van der Waals surface area contributed by atoms with Crippen molar-refractivity contribution in [2.75, 3.05) is 20.8 Å². The number of alkyl carbamates (subject to hydrolysis) is 1. The summed E-state index contributed by atoms with van der Waals surface area (Å²) in [5.74, 6) is 3.04. The van der Waals surface area contributed by atoms with Gasteiger partial charge in [0.2, 0.25) is 11.8 Å². The number of carbonyl (C=O) groups is 3. The summed E-state index contributed by atoms with van der Waals surface area (Å²) in [4.78, 5) is 57.3. The van der Waals surface area contributed by atoms with E-state index in [1.165, 1.54) is 14.2 Å². The molecule has 13 nitrogen and oxygen atoms in total. The SMILES string of the molecule is COC(=O)N[C@H](C(=O)N1CCC[C@H]1c1ncc(-c2ccc(-c3ccc(-c4cnc(C5C6CCC(C6)C5C(=O)NCc5ccco5)[nH]4)cc3)cc2)[nH]1)[C@@H](C)OC. The molecule has 7 atom stereocenters. The average Bonchev–Trinajstić information content (AvgIpc) is 4.08. The second-order valence-corrected chi connectivity index (χ2v) is 14.9. The number of imidazole rings is 2. The molecule has 13 heteroatoms. The molecular formula is C42H47N7O6. The molecule has 3 fully saturated rings. The molecule has 286 valence electrons. The van der Waals surface area contributed by atoms with Gasteiger partial charge in [0.15, 0.2) is 0 Å². The molecule has 0 radical (unpaired) electrons. The number of aromatic nitrogens is 4. The van der Waals surface area contributed by atoms with Gasteiger partial charge in [0.05, 0.1) is 61.8 Å². The van der Waals surface area contributed by atoms with Crippen molar-refractivity contribution in [1.82, 2.24) is 35.5 Å². The molecule has 3 aromatic heterocycles. The molecule has 4 heterocycles. The second-order valence-electron chi connectivity index (χ2n) is 14.9. The first-order chi connectivity index (χ1) is 26.8. The van der Waals surface area contributed by atoms with Crippen LogP contribution in [0.25, 0.3) is 33.6 Å². The van der Waals surface area contributed by atoms with Crippen molar-refractivity contribution in [2.24, 2.45) is 17.8 Å². The first-order valence-electron chi connectivity index (χ1n) is 19.1. The summed E-state index contributed by atoms with van der Waals surface area (Å²) < 4.78 is 15.6. The summed E-state index contributed by atoms with van der Waals surface area (Å²) in [5.41, 5.74) is 5.97. The van der Waals surface area contributed by atoms with Crippen LogP contribution in [0.15, 0.2) is 83.7 Å². The van der Waals surface area contributed by atoms with Crippen LogP contribution in [0, 0.1) is 17.8 Å². The topological polar surface area (TPSA) is 167 Å². The molecular weight excluding hydrogens is 699 g/mol. The number of nitrogens with zero attached hydrogens (tertiary/aromatic N) is 3. The lowest BCUT2D eigenvalue weighted by molar-refractivity contribution is -0.137. The number of likely N-dealkylation sites (tertiary alicyclic amines) is 1. The zero-order valence-electron chi connectivity index (χ0n) is 31.3. The van der Waals surface area contributed by atoms with Gasteiger partial charge in [-0.25, -0.2) is 14.8 Å². The zero-order valence-corrected chi connectivity index (χ0v) is 31.3. The van der Waals surface area contributed by atoms with Crippen LogP contribution in [-0.4, -0.2) is 75.7 Å². The first-order valence-corrected chi connectivity index (χ1v) is 19.1. The maximum atomic E-state index is 13.6. The number of fused-ring (bicyclic) bond motifs is 2. The van der Waals surface area contributed by atoms with Crippen LogP contribution in [0.3, 0.4) is 0 Å². The lowest BCUT2D eigenvalue weighted by Crippen LogP contribution is -2.54. The largest absolute Gasteiger partial charge is 0.467 e. The number of rotatable bonds is 12. The number of methoxy groups -OCH3 is 2. The molecule has 2 saturated carbocycles. The lowest BCUT2D eigenvalue weighted by Gasteiger charge is -2.30. The Bertz CT molecular complexity index is 2110. The van der Waals surface area contributed by atoms with Crippen LogP contribution in [0.5, 0.6) is 0 Å². The maximum absolute atomic E-state index is 13.6. The van der Waals surface area contributed by atoms with E-state index in [9.17, 15) is 14.4 Å². The lowest BCUT2D eigenvalue weighted by atomic mass is 9.78. The van der Waals surface area contributed by atoms with Crippen LogP contribution < -0.4 is 10.6 Å². The number of furan rings is 1. The molecule has 4 unspecified atom stereocenters. The molecule has 2 aliphatic carbocycles. The highest BCUT2D eigenvalue weighted by Crippen LogP contribution is 2.56. The van der Waals surface area contributed by atoms with Gasteiger partial charge in [-0.05, 0) is 85.3 Å². The summed E-state index contributed by atoms with van der Waals surface area (Å²) in [5, 5.41) is 5.74. The number of benzene rings is 2. The Balaban J connectivity index is 0.920. The monoisotopic (exact) mass is 745 g/mol. The van der Waals surface area contributed by atoms with Gasteiger partial charge in [-0.3, -0.25) is 9.59 Å². The molecule has 3 amide bonds. The predicted octanol–water partition coefficient (Wildman–Crippen LogP) is 6.60. The maximum Gasteiger partial charge on any atom is 0.407 e. The van der Waals surface area contributed by atoms with Crippen LogP contribution in [0.1, 0.15) is 68.4 Å². The van der Waals surface area contributed by atoms with Gasteiger partial charge in [-0.15, -0.1) is 0 Å².